The van der Waals surface area contributed by atoms with Crippen LogP contribution in [0.15, 0.2) is 45.8 Å². The van der Waals surface area contributed by atoms with Gasteiger partial charge in [0, 0.05) is 0 Å². The maximum Gasteiger partial charge on any atom is 0.329 e. The molecule has 0 unspecified atom stereocenters. The largest absolute Gasteiger partial charge is 0.490 e. The third-order valence-electron chi connectivity index (χ3n) is 4.93. The molecule has 180 valence electrons. The Morgan fingerprint density at radius 2 is 1.91 bits per heavy atom. The van der Waals surface area contributed by atoms with E-state index in [0.717, 1.165) is 27.8 Å². The van der Waals surface area contributed by atoms with Crippen LogP contribution < -0.4 is 9.47 Å². The number of nitrogens with zero attached hydrogens (tertiary/aromatic N) is 1. The number of carbonyl (C=O) groups is 3. The molecule has 1 heterocycles. The molecule has 3 rings (SSSR count). The van der Waals surface area contributed by atoms with Gasteiger partial charge in [-0.2, -0.15) is 0 Å². The van der Waals surface area contributed by atoms with E-state index in [1.165, 1.54) is 6.92 Å². The highest BCUT2D eigenvalue weighted by atomic mass is 79.9. The Morgan fingerprint density at radius 1 is 1.15 bits per heavy atom. The number of thioether (sulfide) groups is 1. The molecule has 0 bridgehead atoms. The van der Waals surface area contributed by atoms with E-state index in [1.807, 2.05) is 32.0 Å². The number of rotatable bonds is 9. The molecule has 1 atom stereocenters. The Morgan fingerprint density at radius 3 is 2.59 bits per heavy atom. The first-order chi connectivity index (χ1) is 16.2. The van der Waals surface area contributed by atoms with E-state index in [9.17, 15) is 14.4 Å². The third kappa shape index (κ3) is 6.01. The van der Waals surface area contributed by atoms with Crippen molar-refractivity contribution in [1.29, 1.82) is 0 Å². The lowest BCUT2D eigenvalue weighted by Crippen LogP contribution is -2.42. The van der Waals surface area contributed by atoms with Crippen LogP contribution in [-0.2, 0) is 20.9 Å². The van der Waals surface area contributed by atoms with Crippen LogP contribution in [0.3, 0.4) is 0 Å². The molecular weight excluding hydrogens is 522 g/mol. The fraction of sp³-hybridized carbons (Fsp3) is 0.320. The fourth-order valence-electron chi connectivity index (χ4n) is 3.37. The van der Waals surface area contributed by atoms with Gasteiger partial charge in [-0.25, -0.2) is 4.79 Å². The summed E-state index contributed by atoms with van der Waals surface area (Å²) in [5.74, 6) is -0.105. The van der Waals surface area contributed by atoms with Gasteiger partial charge >= 0.3 is 5.97 Å². The summed E-state index contributed by atoms with van der Waals surface area (Å²) in [5.41, 5.74) is 2.82. The molecule has 34 heavy (non-hydrogen) atoms. The Kier molecular flexibility index (Phi) is 8.79. The van der Waals surface area contributed by atoms with E-state index >= 15 is 0 Å². The first kappa shape index (κ1) is 25.8. The molecule has 0 spiro atoms. The molecule has 9 heteroatoms. The summed E-state index contributed by atoms with van der Waals surface area (Å²) in [5, 5.41) is -0.515. The van der Waals surface area contributed by atoms with Gasteiger partial charge < -0.3 is 14.2 Å². The first-order valence-electron chi connectivity index (χ1n) is 10.8. The number of carbonyl (C=O) groups excluding carboxylic acids is 3. The van der Waals surface area contributed by atoms with E-state index in [0.29, 0.717) is 34.7 Å². The van der Waals surface area contributed by atoms with Crippen molar-refractivity contribution < 1.29 is 28.6 Å². The van der Waals surface area contributed by atoms with Crippen molar-refractivity contribution in [3.05, 3.63) is 62.5 Å². The third-order valence-corrected chi connectivity index (χ3v) is 6.41. The second kappa shape index (κ2) is 11.6. The van der Waals surface area contributed by atoms with Crippen LogP contribution in [0.5, 0.6) is 11.5 Å². The second-order valence-corrected chi connectivity index (χ2v) is 9.37. The van der Waals surface area contributed by atoms with Crippen molar-refractivity contribution in [2.45, 2.75) is 40.3 Å². The molecule has 1 saturated heterocycles. The Labute approximate surface area is 211 Å². The van der Waals surface area contributed by atoms with Gasteiger partial charge in [-0.3, -0.25) is 14.5 Å². The summed E-state index contributed by atoms with van der Waals surface area (Å²) in [4.78, 5) is 38.5. The van der Waals surface area contributed by atoms with Gasteiger partial charge in [0.05, 0.1) is 22.6 Å². The predicted octanol–water partition coefficient (Wildman–Crippen LogP) is 5.72. The van der Waals surface area contributed by atoms with Crippen LogP contribution >= 0.6 is 27.7 Å². The van der Waals surface area contributed by atoms with Gasteiger partial charge in [0.2, 0.25) is 0 Å². The number of hydrogen-bond acceptors (Lipinski definition) is 7. The Balaban J connectivity index is 1.85. The minimum Gasteiger partial charge on any atom is -0.490 e. The number of benzene rings is 2. The number of imide groups is 1. The van der Waals surface area contributed by atoms with Gasteiger partial charge in [0.15, 0.2) is 11.5 Å². The number of halogens is 1. The molecule has 0 radical (unpaired) electrons. The normalized spacial score (nSPS) is 15.6. The zero-order chi connectivity index (χ0) is 24.8. The van der Waals surface area contributed by atoms with Crippen molar-refractivity contribution in [1.82, 2.24) is 4.90 Å². The molecule has 0 N–H and O–H groups in total. The van der Waals surface area contributed by atoms with Crippen molar-refractivity contribution in [3.8, 4) is 11.5 Å². The molecule has 0 saturated carbocycles. The predicted molar refractivity (Wildman–Crippen MR) is 135 cm³/mol. The van der Waals surface area contributed by atoms with Crippen LogP contribution in [0.25, 0.3) is 6.08 Å². The van der Waals surface area contributed by atoms with E-state index in [2.05, 4.69) is 22.0 Å². The number of aryl methyl sites for hydroxylation is 1. The van der Waals surface area contributed by atoms with Crippen molar-refractivity contribution >= 4 is 50.9 Å². The lowest BCUT2D eigenvalue weighted by Gasteiger charge is -2.19. The molecule has 2 aromatic rings. The zero-order valence-electron chi connectivity index (χ0n) is 19.4. The molecule has 1 fully saturated rings. The fourth-order valence-corrected chi connectivity index (χ4v) is 4.85. The molecule has 7 nitrogen and oxygen atoms in total. The summed E-state index contributed by atoms with van der Waals surface area (Å²) in [7, 11) is 0. The maximum atomic E-state index is 12.9. The average Bonchev–Trinajstić information content (AvgIpc) is 3.05. The number of amides is 2. The highest BCUT2D eigenvalue weighted by Gasteiger charge is 2.41. The molecule has 0 aromatic heterocycles. The lowest BCUT2D eigenvalue weighted by atomic mass is 10.1. The minimum absolute atomic E-state index is 0.168. The van der Waals surface area contributed by atoms with Gasteiger partial charge in [0.1, 0.15) is 12.6 Å². The van der Waals surface area contributed by atoms with Crippen LogP contribution in [0.1, 0.15) is 37.5 Å². The molecular formula is C25H26BrNO6S. The summed E-state index contributed by atoms with van der Waals surface area (Å²) in [6.07, 6.45) is 1.60. The van der Waals surface area contributed by atoms with E-state index in [4.69, 9.17) is 14.2 Å². The van der Waals surface area contributed by atoms with Gasteiger partial charge in [0.25, 0.3) is 11.1 Å². The molecule has 1 aliphatic rings. The van der Waals surface area contributed by atoms with Crippen molar-refractivity contribution in [2.24, 2.45) is 0 Å². The average molecular weight is 548 g/mol. The van der Waals surface area contributed by atoms with E-state index in [1.54, 1.807) is 25.1 Å². The quantitative estimate of drug-likeness (QED) is 0.293. The number of ether oxygens (including phenoxy) is 3. The number of hydrogen-bond donors (Lipinski definition) is 0. The second-order valence-electron chi connectivity index (χ2n) is 7.52. The first-order valence-corrected chi connectivity index (χ1v) is 12.4. The molecule has 0 aliphatic carbocycles. The van der Waals surface area contributed by atoms with Crippen LogP contribution in [-0.4, -0.2) is 41.3 Å². The SMILES string of the molecule is CCOC(=O)[C@@H](C)N1C(=O)S/C(=C/c2cc(Br)c(OCc3cccc(C)c3)c(OCC)c2)C1=O. The zero-order valence-corrected chi connectivity index (χ0v) is 21.8. The van der Waals surface area contributed by atoms with Gasteiger partial charge in [-0.15, -0.1) is 0 Å². The van der Waals surface area contributed by atoms with Crippen molar-refractivity contribution in [2.75, 3.05) is 13.2 Å². The lowest BCUT2D eigenvalue weighted by molar-refractivity contribution is -0.150. The standard InChI is InChI=1S/C25H26BrNO6S/c1-5-31-20-12-18(11-19(26)22(20)33-14-17-9-7-8-15(3)10-17)13-21-23(28)27(25(30)34-21)16(4)24(29)32-6-2/h7-13,16H,5-6,14H2,1-4H3/b21-13+/t16-/m1/s1. The van der Waals surface area contributed by atoms with Gasteiger partial charge in [-0.05, 0) is 84.7 Å². The minimum atomic E-state index is -0.999. The summed E-state index contributed by atoms with van der Waals surface area (Å²) < 4.78 is 17.4. The van der Waals surface area contributed by atoms with E-state index in [-0.39, 0.29) is 11.5 Å². The van der Waals surface area contributed by atoms with Crippen molar-refractivity contribution in [3.63, 3.8) is 0 Å². The monoisotopic (exact) mass is 547 g/mol. The topological polar surface area (TPSA) is 82.1 Å². The number of esters is 1. The van der Waals surface area contributed by atoms with Gasteiger partial charge in [-0.1, -0.05) is 29.8 Å². The molecule has 2 amide bonds. The van der Waals surface area contributed by atoms with Crippen LogP contribution in [0.2, 0.25) is 0 Å². The Hall–Kier alpha value is -2.78. The highest BCUT2D eigenvalue weighted by molar-refractivity contribution is 9.10. The smallest absolute Gasteiger partial charge is 0.329 e. The van der Waals surface area contributed by atoms with E-state index < -0.39 is 23.2 Å². The molecule has 2 aromatic carbocycles. The summed E-state index contributed by atoms with van der Waals surface area (Å²) >= 11 is 4.32. The maximum absolute atomic E-state index is 12.9. The summed E-state index contributed by atoms with van der Waals surface area (Å²) in [6, 6.07) is 10.6. The molecule has 1 aliphatic heterocycles. The highest BCUT2D eigenvalue weighted by Crippen LogP contribution is 2.40. The Bertz CT molecular complexity index is 1130. The van der Waals surface area contributed by atoms with Crippen LogP contribution in [0.4, 0.5) is 4.79 Å². The van der Waals surface area contributed by atoms with Crippen LogP contribution in [0, 0.1) is 6.92 Å². The summed E-state index contributed by atoms with van der Waals surface area (Å²) in [6.45, 7) is 7.99.